The van der Waals surface area contributed by atoms with Crippen molar-refractivity contribution in [2.24, 2.45) is 0 Å². The summed E-state index contributed by atoms with van der Waals surface area (Å²) in [5.41, 5.74) is 2.24. The van der Waals surface area contributed by atoms with Crippen LogP contribution in [-0.4, -0.2) is 28.9 Å². The number of carboxylic acid groups (broad SMARTS) is 1. The van der Waals surface area contributed by atoms with E-state index in [0.717, 1.165) is 12.0 Å². The lowest BCUT2D eigenvalue weighted by Gasteiger charge is -2.12. The minimum atomic E-state index is -0.997. The summed E-state index contributed by atoms with van der Waals surface area (Å²) in [6.07, 6.45) is 1.40. The highest BCUT2D eigenvalue weighted by Gasteiger charge is 2.12. The van der Waals surface area contributed by atoms with Crippen LogP contribution in [0.25, 0.3) is 0 Å². The second-order valence-corrected chi connectivity index (χ2v) is 6.72. The van der Waals surface area contributed by atoms with Crippen molar-refractivity contribution in [2.75, 3.05) is 0 Å². The van der Waals surface area contributed by atoms with Crippen LogP contribution in [0.15, 0.2) is 48.5 Å². The molecule has 2 aromatic carbocycles. The molecule has 0 radical (unpaired) electrons. The molecule has 0 aliphatic heterocycles. The van der Waals surface area contributed by atoms with E-state index in [0.29, 0.717) is 24.1 Å². The second-order valence-electron chi connectivity index (χ2n) is 6.72. The average molecular weight is 382 g/mol. The molecule has 0 spiro atoms. The van der Waals surface area contributed by atoms with E-state index >= 15 is 0 Å². The largest absolute Gasteiger partial charge is 0.478 e. The number of hydrogen-bond acceptors (Lipinski definition) is 3. The van der Waals surface area contributed by atoms with E-state index < -0.39 is 5.97 Å². The van der Waals surface area contributed by atoms with Crippen molar-refractivity contribution in [2.45, 2.75) is 45.7 Å². The van der Waals surface area contributed by atoms with Crippen LogP contribution < -0.4 is 10.6 Å². The van der Waals surface area contributed by atoms with Gasteiger partial charge in [0.2, 0.25) is 5.91 Å². The number of rotatable bonds is 9. The molecular weight excluding hydrogens is 356 g/mol. The number of carbonyl (C=O) groups excluding carboxylic acids is 2. The van der Waals surface area contributed by atoms with E-state index in [1.807, 2.05) is 19.9 Å². The zero-order valence-corrected chi connectivity index (χ0v) is 16.2. The molecule has 6 nitrogen and oxygen atoms in total. The van der Waals surface area contributed by atoms with E-state index in [4.69, 9.17) is 0 Å². The van der Waals surface area contributed by atoms with Crippen LogP contribution >= 0.6 is 0 Å². The van der Waals surface area contributed by atoms with Gasteiger partial charge in [0.05, 0.1) is 5.56 Å². The lowest BCUT2D eigenvalue weighted by atomic mass is 10.0. The van der Waals surface area contributed by atoms with Crippen LogP contribution in [0.2, 0.25) is 0 Å². The Kier molecular flexibility index (Phi) is 7.75. The van der Waals surface area contributed by atoms with Crippen molar-refractivity contribution in [1.82, 2.24) is 10.6 Å². The zero-order valence-electron chi connectivity index (χ0n) is 16.2. The van der Waals surface area contributed by atoms with Gasteiger partial charge >= 0.3 is 5.97 Å². The minimum absolute atomic E-state index is 0.101. The maximum Gasteiger partial charge on any atom is 0.335 e. The molecule has 2 rings (SSSR count). The fourth-order valence-electron chi connectivity index (χ4n) is 2.72. The minimum Gasteiger partial charge on any atom is -0.478 e. The van der Waals surface area contributed by atoms with E-state index in [-0.39, 0.29) is 29.8 Å². The summed E-state index contributed by atoms with van der Waals surface area (Å²) >= 11 is 0. The van der Waals surface area contributed by atoms with E-state index in [1.165, 1.54) is 6.07 Å². The van der Waals surface area contributed by atoms with Gasteiger partial charge in [-0.25, -0.2) is 4.79 Å². The molecule has 2 aromatic rings. The molecule has 0 aliphatic carbocycles. The van der Waals surface area contributed by atoms with E-state index in [1.54, 1.807) is 36.4 Å². The molecular formula is C22H26N2O4. The Labute approximate surface area is 165 Å². The normalized spacial score (nSPS) is 11.5. The molecule has 0 saturated heterocycles. The first kappa shape index (κ1) is 21.2. The molecule has 0 saturated carbocycles. The van der Waals surface area contributed by atoms with Crippen molar-refractivity contribution >= 4 is 17.8 Å². The third-order valence-corrected chi connectivity index (χ3v) is 4.54. The van der Waals surface area contributed by atoms with Crippen molar-refractivity contribution < 1.29 is 19.5 Å². The lowest BCUT2D eigenvalue weighted by molar-refractivity contribution is -0.121. The maximum atomic E-state index is 12.2. The Morgan fingerprint density at radius 3 is 2.54 bits per heavy atom. The number of benzene rings is 2. The van der Waals surface area contributed by atoms with Gasteiger partial charge in [0.15, 0.2) is 0 Å². The Hall–Kier alpha value is -3.15. The molecule has 0 bridgehead atoms. The number of carboxylic acids is 1. The van der Waals surface area contributed by atoms with Gasteiger partial charge < -0.3 is 15.7 Å². The lowest BCUT2D eigenvalue weighted by Crippen LogP contribution is -2.32. The predicted molar refractivity (Wildman–Crippen MR) is 107 cm³/mol. The van der Waals surface area contributed by atoms with Crippen molar-refractivity contribution in [3.8, 4) is 0 Å². The molecule has 1 unspecified atom stereocenters. The van der Waals surface area contributed by atoms with Crippen molar-refractivity contribution in [1.29, 1.82) is 0 Å². The smallest absolute Gasteiger partial charge is 0.335 e. The number of hydrogen-bond donors (Lipinski definition) is 3. The van der Waals surface area contributed by atoms with Crippen LogP contribution in [0.5, 0.6) is 0 Å². The molecule has 28 heavy (non-hydrogen) atoms. The fraction of sp³-hybridized carbons (Fsp3) is 0.318. The van der Waals surface area contributed by atoms with Crippen LogP contribution in [0.3, 0.4) is 0 Å². The Balaban J connectivity index is 1.89. The number of aromatic carboxylic acids is 1. The van der Waals surface area contributed by atoms with Crippen molar-refractivity contribution in [3.05, 3.63) is 70.8 Å². The standard InChI is InChI=1S/C22H26N2O4/c1-3-15(2)24-21(26)18-9-6-7-16(13-18)14-23-20(25)12-11-17-8-4-5-10-19(17)22(27)28/h4-10,13,15H,3,11-12,14H2,1-2H3,(H,23,25)(H,24,26)(H,27,28). The van der Waals surface area contributed by atoms with Crippen LogP contribution in [0.1, 0.15) is 58.5 Å². The summed E-state index contributed by atoms with van der Waals surface area (Å²) in [5, 5.41) is 14.9. The summed E-state index contributed by atoms with van der Waals surface area (Å²) < 4.78 is 0. The van der Waals surface area contributed by atoms with Gasteiger partial charge in [-0.3, -0.25) is 9.59 Å². The third-order valence-electron chi connectivity index (χ3n) is 4.54. The molecule has 0 fully saturated rings. The summed E-state index contributed by atoms with van der Waals surface area (Å²) in [4.78, 5) is 35.6. The van der Waals surface area contributed by atoms with Crippen LogP contribution in [0.4, 0.5) is 0 Å². The second kappa shape index (κ2) is 10.3. The first-order valence-electron chi connectivity index (χ1n) is 9.38. The van der Waals surface area contributed by atoms with Gasteiger partial charge in [-0.05, 0) is 49.1 Å². The average Bonchev–Trinajstić information content (AvgIpc) is 2.70. The summed E-state index contributed by atoms with van der Waals surface area (Å²) in [6, 6.07) is 13.9. The Morgan fingerprint density at radius 1 is 1.07 bits per heavy atom. The highest BCUT2D eigenvalue weighted by molar-refractivity contribution is 5.94. The third kappa shape index (κ3) is 6.23. The fourth-order valence-corrected chi connectivity index (χ4v) is 2.72. The summed E-state index contributed by atoms with van der Waals surface area (Å²) in [6.45, 7) is 4.26. The molecule has 0 aromatic heterocycles. The van der Waals surface area contributed by atoms with Gasteiger partial charge in [0.1, 0.15) is 0 Å². The van der Waals surface area contributed by atoms with E-state index in [9.17, 15) is 19.5 Å². The predicted octanol–water partition coefficient (Wildman–Crippen LogP) is 3.16. The van der Waals surface area contributed by atoms with Gasteiger partial charge in [-0.1, -0.05) is 37.3 Å². The molecule has 6 heteroatoms. The van der Waals surface area contributed by atoms with Gasteiger partial charge in [-0.15, -0.1) is 0 Å². The van der Waals surface area contributed by atoms with Gasteiger partial charge in [-0.2, -0.15) is 0 Å². The monoisotopic (exact) mass is 382 g/mol. The molecule has 2 amide bonds. The van der Waals surface area contributed by atoms with Crippen LogP contribution in [-0.2, 0) is 17.8 Å². The van der Waals surface area contributed by atoms with Crippen LogP contribution in [0, 0.1) is 0 Å². The molecule has 0 aliphatic rings. The van der Waals surface area contributed by atoms with E-state index in [2.05, 4.69) is 10.6 Å². The highest BCUT2D eigenvalue weighted by atomic mass is 16.4. The topological polar surface area (TPSA) is 95.5 Å². The number of carbonyl (C=O) groups is 3. The zero-order chi connectivity index (χ0) is 20.5. The molecule has 0 heterocycles. The van der Waals surface area contributed by atoms with Gasteiger partial charge in [0.25, 0.3) is 5.91 Å². The number of aryl methyl sites for hydroxylation is 1. The Morgan fingerprint density at radius 2 is 1.82 bits per heavy atom. The van der Waals surface area contributed by atoms with Crippen molar-refractivity contribution in [3.63, 3.8) is 0 Å². The quantitative estimate of drug-likeness (QED) is 0.621. The Bertz CT molecular complexity index is 848. The summed E-state index contributed by atoms with van der Waals surface area (Å²) in [7, 11) is 0. The highest BCUT2D eigenvalue weighted by Crippen LogP contribution is 2.11. The maximum absolute atomic E-state index is 12.2. The SMILES string of the molecule is CCC(C)NC(=O)c1cccc(CNC(=O)CCc2ccccc2C(=O)O)c1. The first-order chi connectivity index (χ1) is 13.4. The molecule has 3 N–H and O–H groups in total. The van der Waals surface area contributed by atoms with Gasteiger partial charge in [0, 0.05) is 24.6 Å². The first-order valence-corrected chi connectivity index (χ1v) is 9.38. The number of nitrogens with one attached hydrogen (secondary N) is 2. The number of amides is 2. The summed E-state index contributed by atoms with van der Waals surface area (Å²) in [5.74, 6) is -1.30. The molecule has 1 atom stereocenters. The molecule has 148 valence electrons.